The third-order valence-corrected chi connectivity index (χ3v) is 1.73. The molecular formula is C8H15N5O2. The minimum atomic E-state index is -0.323. The van der Waals surface area contributed by atoms with Crippen LogP contribution >= 0.6 is 0 Å². The van der Waals surface area contributed by atoms with Crippen LogP contribution in [0.25, 0.3) is 0 Å². The first-order valence-electron chi connectivity index (χ1n) is 4.54. The molecule has 0 saturated carbocycles. The van der Waals surface area contributed by atoms with Crippen molar-refractivity contribution >= 4 is 12.0 Å². The molecule has 0 saturated heterocycles. The van der Waals surface area contributed by atoms with Crippen molar-refractivity contribution in [3.63, 3.8) is 0 Å². The largest absolute Gasteiger partial charge is 0.383 e. The fraction of sp³-hybridized carbons (Fsp3) is 0.625. The van der Waals surface area contributed by atoms with E-state index in [1.165, 1.54) is 11.0 Å². The molecule has 1 rings (SSSR count). The van der Waals surface area contributed by atoms with Crippen LogP contribution in [0.3, 0.4) is 0 Å². The minimum absolute atomic E-state index is 0.0526. The lowest BCUT2D eigenvalue weighted by Gasteiger charge is -2.12. The predicted molar refractivity (Wildman–Crippen MR) is 54.5 cm³/mol. The molecule has 1 heterocycles. The number of methoxy groups -OCH3 is 1. The molecule has 84 valence electrons. The summed E-state index contributed by atoms with van der Waals surface area (Å²) >= 11 is 0. The zero-order valence-electron chi connectivity index (χ0n) is 9.02. The Kier molecular flexibility index (Phi) is 4.04. The highest BCUT2D eigenvalue weighted by Gasteiger charge is 2.09. The lowest BCUT2D eigenvalue weighted by molar-refractivity contribution is 0.173. The molecule has 0 fully saturated rings. The molecule has 0 unspecified atom stereocenters. The normalized spacial score (nSPS) is 12.2. The number of hydrogen-bond donors (Lipinski definition) is 2. The maximum absolute atomic E-state index is 11.4. The SMILES string of the molecule is COC[C@H](C)NC(=O)Nc1ncnn1C. The van der Waals surface area contributed by atoms with Gasteiger partial charge in [-0.3, -0.25) is 5.32 Å². The highest BCUT2D eigenvalue weighted by molar-refractivity contribution is 5.87. The third kappa shape index (κ3) is 3.55. The second-order valence-corrected chi connectivity index (χ2v) is 3.16. The number of nitrogens with one attached hydrogen (secondary N) is 2. The number of carbonyl (C=O) groups excluding carboxylic acids is 1. The number of amides is 2. The summed E-state index contributed by atoms with van der Waals surface area (Å²) in [6.45, 7) is 2.31. The molecule has 0 aromatic carbocycles. The van der Waals surface area contributed by atoms with Crippen LogP contribution in [-0.2, 0) is 11.8 Å². The Labute approximate surface area is 87.8 Å². The smallest absolute Gasteiger partial charge is 0.321 e. The first-order chi connectivity index (χ1) is 7.13. The van der Waals surface area contributed by atoms with Crippen molar-refractivity contribution in [3.8, 4) is 0 Å². The van der Waals surface area contributed by atoms with Crippen LogP contribution in [0.15, 0.2) is 6.33 Å². The molecule has 0 aliphatic rings. The Hall–Kier alpha value is -1.63. The van der Waals surface area contributed by atoms with E-state index in [4.69, 9.17) is 4.74 Å². The van der Waals surface area contributed by atoms with E-state index >= 15 is 0 Å². The van der Waals surface area contributed by atoms with E-state index in [-0.39, 0.29) is 12.1 Å². The fourth-order valence-electron chi connectivity index (χ4n) is 1.06. The van der Waals surface area contributed by atoms with Crippen LogP contribution in [0, 0.1) is 0 Å². The second kappa shape index (κ2) is 5.30. The van der Waals surface area contributed by atoms with Gasteiger partial charge in [0.1, 0.15) is 6.33 Å². The summed E-state index contributed by atoms with van der Waals surface area (Å²) < 4.78 is 6.36. The number of urea groups is 1. The number of carbonyl (C=O) groups is 1. The number of hydrogen-bond acceptors (Lipinski definition) is 4. The van der Waals surface area contributed by atoms with Crippen molar-refractivity contribution in [1.82, 2.24) is 20.1 Å². The minimum Gasteiger partial charge on any atom is -0.383 e. The molecule has 2 amide bonds. The summed E-state index contributed by atoms with van der Waals surface area (Å²) in [7, 11) is 3.28. The van der Waals surface area contributed by atoms with Crippen molar-refractivity contribution in [1.29, 1.82) is 0 Å². The predicted octanol–water partition coefficient (Wildman–Crippen LogP) is -0.0285. The number of anilines is 1. The fourth-order valence-corrected chi connectivity index (χ4v) is 1.06. The summed E-state index contributed by atoms with van der Waals surface area (Å²) in [5.41, 5.74) is 0. The molecule has 0 radical (unpaired) electrons. The van der Waals surface area contributed by atoms with E-state index < -0.39 is 0 Å². The Morgan fingerprint density at radius 3 is 3.00 bits per heavy atom. The van der Waals surface area contributed by atoms with Crippen LogP contribution in [0.4, 0.5) is 10.7 Å². The van der Waals surface area contributed by atoms with Crippen molar-refractivity contribution < 1.29 is 9.53 Å². The van der Waals surface area contributed by atoms with E-state index in [0.717, 1.165) is 0 Å². The number of aryl methyl sites for hydroxylation is 1. The van der Waals surface area contributed by atoms with Crippen molar-refractivity contribution in [3.05, 3.63) is 6.33 Å². The number of nitrogens with zero attached hydrogens (tertiary/aromatic N) is 3. The molecule has 2 N–H and O–H groups in total. The number of ether oxygens (including phenoxy) is 1. The van der Waals surface area contributed by atoms with Crippen LogP contribution in [0.1, 0.15) is 6.92 Å². The molecule has 0 aliphatic heterocycles. The Morgan fingerprint density at radius 2 is 2.47 bits per heavy atom. The Bertz CT molecular complexity index is 325. The van der Waals surface area contributed by atoms with Gasteiger partial charge in [-0.15, -0.1) is 0 Å². The van der Waals surface area contributed by atoms with Crippen LogP contribution in [-0.4, -0.2) is 40.6 Å². The topological polar surface area (TPSA) is 81.1 Å². The van der Waals surface area contributed by atoms with E-state index in [9.17, 15) is 4.79 Å². The van der Waals surface area contributed by atoms with Crippen molar-refractivity contribution in [2.24, 2.45) is 7.05 Å². The third-order valence-electron chi connectivity index (χ3n) is 1.73. The van der Waals surface area contributed by atoms with Crippen LogP contribution < -0.4 is 10.6 Å². The summed E-state index contributed by atoms with van der Waals surface area (Å²) in [5, 5.41) is 9.08. The zero-order chi connectivity index (χ0) is 11.3. The van der Waals surface area contributed by atoms with E-state index in [1.54, 1.807) is 14.2 Å². The molecule has 0 spiro atoms. The van der Waals surface area contributed by atoms with Crippen LogP contribution in [0.2, 0.25) is 0 Å². The standard InChI is InChI=1S/C8H15N5O2/c1-6(4-15-3)11-8(14)12-7-9-5-10-13(7)2/h5-6H,4H2,1-3H3,(H2,9,10,11,12,14)/t6-/m0/s1. The molecule has 0 aliphatic carbocycles. The van der Waals surface area contributed by atoms with Gasteiger partial charge < -0.3 is 10.1 Å². The van der Waals surface area contributed by atoms with Crippen molar-refractivity contribution in [2.75, 3.05) is 19.0 Å². The second-order valence-electron chi connectivity index (χ2n) is 3.16. The molecular weight excluding hydrogens is 198 g/mol. The highest BCUT2D eigenvalue weighted by atomic mass is 16.5. The van der Waals surface area contributed by atoms with Crippen molar-refractivity contribution in [2.45, 2.75) is 13.0 Å². The maximum Gasteiger partial charge on any atom is 0.321 e. The number of aromatic nitrogens is 3. The quantitative estimate of drug-likeness (QED) is 0.736. The van der Waals surface area contributed by atoms with Gasteiger partial charge in [-0.2, -0.15) is 10.1 Å². The molecule has 0 bridgehead atoms. The summed E-state index contributed by atoms with van der Waals surface area (Å²) in [6.07, 6.45) is 1.37. The highest BCUT2D eigenvalue weighted by Crippen LogP contribution is 1.97. The first-order valence-corrected chi connectivity index (χ1v) is 4.54. The van der Waals surface area contributed by atoms with Crippen LogP contribution in [0.5, 0.6) is 0 Å². The van der Waals surface area contributed by atoms with Gasteiger partial charge in [0, 0.05) is 14.2 Å². The maximum atomic E-state index is 11.4. The average Bonchev–Trinajstić information content (AvgIpc) is 2.52. The summed E-state index contributed by atoms with van der Waals surface area (Å²) in [5.74, 6) is 0.400. The Morgan fingerprint density at radius 1 is 1.73 bits per heavy atom. The van der Waals surface area contributed by atoms with Gasteiger partial charge in [-0.25, -0.2) is 9.48 Å². The molecule has 1 aromatic heterocycles. The van der Waals surface area contributed by atoms with E-state index in [0.29, 0.717) is 12.6 Å². The van der Waals surface area contributed by atoms with Gasteiger partial charge in [0.05, 0.1) is 12.6 Å². The van der Waals surface area contributed by atoms with E-state index in [1.807, 2.05) is 6.92 Å². The van der Waals surface area contributed by atoms with E-state index in [2.05, 4.69) is 20.7 Å². The van der Waals surface area contributed by atoms with Gasteiger partial charge in [0.15, 0.2) is 0 Å². The lowest BCUT2D eigenvalue weighted by Crippen LogP contribution is -2.39. The molecule has 7 nitrogen and oxygen atoms in total. The Balaban J connectivity index is 2.40. The lowest BCUT2D eigenvalue weighted by atomic mass is 10.4. The number of rotatable bonds is 4. The average molecular weight is 213 g/mol. The van der Waals surface area contributed by atoms with Gasteiger partial charge >= 0.3 is 6.03 Å². The van der Waals surface area contributed by atoms with Gasteiger partial charge in [-0.1, -0.05) is 0 Å². The first kappa shape index (κ1) is 11.4. The van der Waals surface area contributed by atoms with Gasteiger partial charge in [-0.05, 0) is 6.92 Å². The van der Waals surface area contributed by atoms with Gasteiger partial charge in [0.2, 0.25) is 5.95 Å². The summed E-state index contributed by atoms with van der Waals surface area (Å²) in [6, 6.07) is -0.376. The van der Waals surface area contributed by atoms with Gasteiger partial charge in [0.25, 0.3) is 0 Å². The summed E-state index contributed by atoms with van der Waals surface area (Å²) in [4.78, 5) is 15.2. The zero-order valence-corrected chi connectivity index (χ0v) is 9.02. The molecule has 7 heteroatoms. The molecule has 1 aromatic rings. The monoisotopic (exact) mass is 213 g/mol. The molecule has 1 atom stereocenters. The molecule has 15 heavy (non-hydrogen) atoms.